The van der Waals surface area contributed by atoms with Crippen LogP contribution in [-0.4, -0.2) is 48.2 Å². The summed E-state index contributed by atoms with van der Waals surface area (Å²) in [6.07, 6.45) is 3.53. The number of benzene rings is 2. The second kappa shape index (κ2) is 9.22. The van der Waals surface area contributed by atoms with Gasteiger partial charge >= 0.3 is 0 Å². The molecule has 2 aliphatic rings. The number of rotatable bonds is 8. The Hall–Kier alpha value is -3.00. The van der Waals surface area contributed by atoms with E-state index in [1.807, 2.05) is 12.1 Å². The monoisotopic (exact) mass is 507 g/mol. The van der Waals surface area contributed by atoms with E-state index in [4.69, 9.17) is 11.6 Å². The van der Waals surface area contributed by atoms with Crippen molar-refractivity contribution >= 4 is 46.3 Å². The average Bonchev–Trinajstić information content (AvgIpc) is 3.45. The Morgan fingerprint density at radius 3 is 2.43 bits per heavy atom. The van der Waals surface area contributed by atoms with Crippen molar-refractivity contribution < 1.29 is 14.4 Å². The highest BCUT2D eigenvalue weighted by molar-refractivity contribution is 7.18. The van der Waals surface area contributed by atoms with Crippen LogP contribution < -0.4 is 5.32 Å². The van der Waals surface area contributed by atoms with Gasteiger partial charge in [0.2, 0.25) is 0 Å². The summed E-state index contributed by atoms with van der Waals surface area (Å²) in [5.74, 6) is -1.12. The fourth-order valence-corrected chi connectivity index (χ4v) is 5.56. The quantitative estimate of drug-likeness (QED) is 0.412. The van der Waals surface area contributed by atoms with Gasteiger partial charge in [-0.15, -0.1) is 11.3 Å². The number of imide groups is 1. The number of nitrogens with one attached hydrogen (secondary N) is 1. The van der Waals surface area contributed by atoms with Crippen LogP contribution in [-0.2, 0) is 12.0 Å². The summed E-state index contributed by atoms with van der Waals surface area (Å²) < 4.78 is 0.502. The number of carbonyl (C=O) groups is 3. The fourth-order valence-electron chi connectivity index (χ4n) is 4.62. The van der Waals surface area contributed by atoms with Crippen molar-refractivity contribution in [3.05, 3.63) is 86.1 Å². The van der Waals surface area contributed by atoms with Crippen molar-refractivity contribution in [1.29, 1.82) is 0 Å². The van der Waals surface area contributed by atoms with Gasteiger partial charge in [0.1, 0.15) is 0 Å². The average molecular weight is 508 g/mol. The molecule has 3 amide bonds. The van der Waals surface area contributed by atoms with E-state index in [0.717, 1.165) is 29.9 Å². The first-order valence-corrected chi connectivity index (χ1v) is 12.8. The van der Waals surface area contributed by atoms with E-state index in [0.29, 0.717) is 20.5 Å². The second-order valence-corrected chi connectivity index (χ2v) is 11.2. The molecule has 2 heterocycles. The number of hydrogen-bond acceptors (Lipinski definition) is 5. The number of halogens is 1. The molecule has 0 radical (unpaired) electrons. The maximum atomic E-state index is 13.3. The van der Waals surface area contributed by atoms with Gasteiger partial charge in [-0.2, -0.15) is 0 Å². The Balaban J connectivity index is 1.32. The lowest BCUT2D eigenvalue weighted by atomic mass is 9.91. The Morgan fingerprint density at radius 2 is 1.80 bits per heavy atom. The number of fused-ring (bicyclic) bond motifs is 1. The van der Waals surface area contributed by atoms with Crippen LogP contribution in [0.4, 0.5) is 5.69 Å². The first-order valence-electron chi connectivity index (χ1n) is 11.6. The van der Waals surface area contributed by atoms with Crippen LogP contribution in [0.2, 0.25) is 4.34 Å². The maximum Gasteiger partial charge on any atom is 0.265 e. The summed E-state index contributed by atoms with van der Waals surface area (Å²) in [6.45, 7) is 1.24. The largest absolute Gasteiger partial charge is 0.321 e. The van der Waals surface area contributed by atoms with Crippen molar-refractivity contribution in [3.8, 4) is 0 Å². The summed E-state index contributed by atoms with van der Waals surface area (Å²) in [5.41, 5.74) is 3.33. The van der Waals surface area contributed by atoms with E-state index in [1.165, 1.54) is 23.3 Å². The lowest BCUT2D eigenvalue weighted by Gasteiger charge is -2.19. The molecular weight excluding hydrogens is 482 g/mol. The number of amides is 3. The normalized spacial score (nSPS) is 16.1. The molecular formula is C27H26ClN3O3S. The molecule has 0 saturated heterocycles. The zero-order valence-corrected chi connectivity index (χ0v) is 21.2. The number of nitrogens with zero attached hydrogens (tertiary/aromatic N) is 2. The van der Waals surface area contributed by atoms with Crippen molar-refractivity contribution in [2.24, 2.45) is 0 Å². The van der Waals surface area contributed by atoms with Crippen LogP contribution in [0.15, 0.2) is 54.6 Å². The van der Waals surface area contributed by atoms with Crippen LogP contribution >= 0.6 is 22.9 Å². The number of carbonyl (C=O) groups excluding carboxylic acids is 3. The van der Waals surface area contributed by atoms with Gasteiger partial charge in [0.15, 0.2) is 0 Å². The lowest BCUT2D eigenvalue weighted by molar-refractivity contribution is 0.0642. The highest BCUT2D eigenvalue weighted by atomic mass is 35.5. The molecule has 1 aromatic heterocycles. The Bertz CT molecular complexity index is 1310. The van der Waals surface area contributed by atoms with Crippen LogP contribution in [0.25, 0.3) is 0 Å². The summed E-state index contributed by atoms with van der Waals surface area (Å²) in [5, 5.41) is 2.77. The first-order chi connectivity index (χ1) is 16.8. The van der Waals surface area contributed by atoms with E-state index in [2.05, 4.69) is 36.4 Å². The van der Waals surface area contributed by atoms with Gasteiger partial charge in [-0.05, 0) is 80.7 Å². The number of thiophene rings is 1. The number of hydrogen-bond donors (Lipinski definition) is 1. The van der Waals surface area contributed by atoms with Gasteiger partial charge in [-0.25, -0.2) is 0 Å². The molecule has 2 aromatic carbocycles. The molecule has 5 rings (SSSR count). The molecule has 0 unspecified atom stereocenters. The molecule has 1 aliphatic heterocycles. The first kappa shape index (κ1) is 23.7. The summed E-state index contributed by atoms with van der Waals surface area (Å²) >= 11 is 7.09. The van der Waals surface area contributed by atoms with E-state index in [1.54, 1.807) is 30.3 Å². The molecule has 180 valence electrons. The van der Waals surface area contributed by atoms with E-state index in [9.17, 15) is 14.4 Å². The standard InChI is InChI=1S/C27H26ClN3O3S/c1-30(2)15-14-27(12-13-27)18-8-6-17(7-9-18)16-31-25(33)19-4-3-5-20(23(19)26(31)34)29-24(32)21-10-11-22(28)35-21/h3-11H,12-16H2,1-2H3,(H,29,32). The van der Waals surface area contributed by atoms with Gasteiger partial charge in [-0.1, -0.05) is 41.9 Å². The molecule has 1 aliphatic carbocycles. The third-order valence-electron chi connectivity index (χ3n) is 6.84. The predicted octanol–water partition coefficient (Wildman–Crippen LogP) is 5.43. The second-order valence-electron chi connectivity index (χ2n) is 9.51. The fraction of sp³-hybridized carbons (Fsp3) is 0.296. The SMILES string of the molecule is CN(C)CCC1(c2ccc(CN3C(=O)c4cccc(NC(=O)c5ccc(Cl)s5)c4C3=O)cc2)CC1. The zero-order valence-electron chi connectivity index (χ0n) is 19.6. The summed E-state index contributed by atoms with van der Waals surface area (Å²) in [4.78, 5) is 42.9. The van der Waals surface area contributed by atoms with Gasteiger partial charge < -0.3 is 10.2 Å². The minimum absolute atomic E-state index is 0.186. The zero-order chi connectivity index (χ0) is 24.7. The summed E-state index contributed by atoms with van der Waals surface area (Å²) in [7, 11) is 4.19. The van der Waals surface area contributed by atoms with Crippen molar-refractivity contribution in [2.75, 3.05) is 26.0 Å². The molecule has 3 aromatic rings. The highest BCUT2D eigenvalue weighted by Crippen LogP contribution is 2.51. The summed E-state index contributed by atoms with van der Waals surface area (Å²) in [6, 6.07) is 16.5. The number of anilines is 1. The van der Waals surface area contributed by atoms with E-state index < -0.39 is 5.91 Å². The minimum atomic E-state index is -0.404. The maximum absolute atomic E-state index is 13.3. The Labute approximate surface area is 213 Å². The topological polar surface area (TPSA) is 69.7 Å². The Kier molecular flexibility index (Phi) is 6.25. The van der Waals surface area contributed by atoms with Crippen LogP contribution in [0.1, 0.15) is 60.8 Å². The van der Waals surface area contributed by atoms with Crippen LogP contribution in [0, 0.1) is 0 Å². The van der Waals surface area contributed by atoms with Gasteiger partial charge in [0.05, 0.1) is 32.6 Å². The van der Waals surface area contributed by atoms with Crippen molar-refractivity contribution in [2.45, 2.75) is 31.2 Å². The molecule has 1 saturated carbocycles. The molecule has 1 fully saturated rings. The predicted molar refractivity (Wildman–Crippen MR) is 138 cm³/mol. The molecule has 6 nitrogen and oxygen atoms in total. The van der Waals surface area contributed by atoms with Gasteiger partial charge in [0.25, 0.3) is 17.7 Å². The van der Waals surface area contributed by atoms with Crippen molar-refractivity contribution in [3.63, 3.8) is 0 Å². The lowest BCUT2D eigenvalue weighted by Crippen LogP contribution is -2.29. The Morgan fingerprint density at radius 1 is 1.06 bits per heavy atom. The third-order valence-corrected chi connectivity index (χ3v) is 8.07. The van der Waals surface area contributed by atoms with Crippen molar-refractivity contribution in [1.82, 2.24) is 9.80 Å². The van der Waals surface area contributed by atoms with Crippen LogP contribution in [0.3, 0.4) is 0 Å². The van der Waals surface area contributed by atoms with E-state index in [-0.39, 0.29) is 29.3 Å². The molecule has 35 heavy (non-hydrogen) atoms. The molecule has 8 heteroatoms. The van der Waals surface area contributed by atoms with Gasteiger partial charge in [0, 0.05) is 0 Å². The highest BCUT2D eigenvalue weighted by Gasteiger charge is 2.43. The molecule has 0 spiro atoms. The molecule has 1 N–H and O–H groups in total. The molecule has 0 atom stereocenters. The van der Waals surface area contributed by atoms with Crippen LogP contribution in [0.5, 0.6) is 0 Å². The third kappa shape index (κ3) is 4.63. The molecule has 0 bridgehead atoms. The minimum Gasteiger partial charge on any atom is -0.321 e. The van der Waals surface area contributed by atoms with E-state index >= 15 is 0 Å². The smallest absolute Gasteiger partial charge is 0.265 e. The van der Waals surface area contributed by atoms with Gasteiger partial charge in [-0.3, -0.25) is 19.3 Å².